The SMILES string of the molecule is COc1ccc(CCNC(=O)COc2ccc(S(=O)(=O)N(C)C)cc2C)cc1OC. The Morgan fingerprint density at radius 3 is 2.27 bits per heavy atom. The lowest BCUT2D eigenvalue weighted by atomic mass is 10.1. The highest BCUT2D eigenvalue weighted by Crippen LogP contribution is 2.27. The van der Waals surface area contributed by atoms with Gasteiger partial charge in [-0.3, -0.25) is 4.79 Å². The molecular formula is C21H28N2O6S. The topological polar surface area (TPSA) is 94.2 Å². The maximum Gasteiger partial charge on any atom is 0.257 e. The van der Waals surface area contributed by atoms with Gasteiger partial charge in [0.2, 0.25) is 10.0 Å². The Kier molecular flexibility index (Phi) is 8.08. The average molecular weight is 437 g/mol. The largest absolute Gasteiger partial charge is 0.493 e. The van der Waals surface area contributed by atoms with E-state index in [-0.39, 0.29) is 17.4 Å². The second kappa shape index (κ2) is 10.3. The van der Waals surface area contributed by atoms with E-state index < -0.39 is 10.0 Å². The third-order valence-electron chi connectivity index (χ3n) is 4.47. The molecule has 2 aromatic carbocycles. The summed E-state index contributed by atoms with van der Waals surface area (Å²) in [4.78, 5) is 12.3. The number of benzene rings is 2. The van der Waals surface area contributed by atoms with Crippen LogP contribution >= 0.6 is 0 Å². The number of hydrogen-bond donors (Lipinski definition) is 1. The zero-order chi connectivity index (χ0) is 22.3. The lowest BCUT2D eigenvalue weighted by Crippen LogP contribution is -2.30. The number of sulfonamides is 1. The summed E-state index contributed by atoms with van der Waals surface area (Å²) in [6.45, 7) is 2.02. The van der Waals surface area contributed by atoms with Crippen LogP contribution in [0.1, 0.15) is 11.1 Å². The van der Waals surface area contributed by atoms with Gasteiger partial charge in [0, 0.05) is 20.6 Å². The van der Waals surface area contributed by atoms with Crippen LogP contribution in [0.3, 0.4) is 0 Å². The van der Waals surface area contributed by atoms with Crippen molar-refractivity contribution in [3.63, 3.8) is 0 Å². The first-order valence-corrected chi connectivity index (χ1v) is 10.8. The second-order valence-electron chi connectivity index (χ2n) is 6.79. The van der Waals surface area contributed by atoms with Gasteiger partial charge in [-0.05, 0) is 54.8 Å². The lowest BCUT2D eigenvalue weighted by Gasteiger charge is -2.14. The molecule has 0 aliphatic heterocycles. The number of ether oxygens (including phenoxy) is 3. The molecule has 2 aromatic rings. The van der Waals surface area contributed by atoms with Crippen molar-refractivity contribution in [2.24, 2.45) is 0 Å². The molecule has 0 unspecified atom stereocenters. The Labute approximate surface area is 177 Å². The fourth-order valence-corrected chi connectivity index (χ4v) is 3.72. The van der Waals surface area contributed by atoms with Crippen LogP contribution in [-0.2, 0) is 21.2 Å². The standard InChI is InChI=1S/C21H28N2O6S/c1-15-12-17(30(25,26)23(2)3)7-9-18(15)29-14-21(24)22-11-10-16-6-8-19(27-4)20(13-16)28-5/h6-9,12-13H,10-11,14H2,1-5H3,(H,22,24). The highest BCUT2D eigenvalue weighted by atomic mass is 32.2. The van der Waals surface area contributed by atoms with Crippen molar-refractivity contribution < 1.29 is 27.4 Å². The molecule has 8 nitrogen and oxygen atoms in total. The smallest absolute Gasteiger partial charge is 0.257 e. The number of aryl methyl sites for hydroxylation is 1. The van der Waals surface area contributed by atoms with E-state index in [1.54, 1.807) is 27.2 Å². The maximum atomic E-state index is 12.2. The van der Waals surface area contributed by atoms with Gasteiger partial charge < -0.3 is 19.5 Å². The number of hydrogen-bond acceptors (Lipinski definition) is 6. The molecule has 0 aliphatic carbocycles. The average Bonchev–Trinajstić information content (AvgIpc) is 2.72. The maximum absolute atomic E-state index is 12.2. The zero-order valence-corrected chi connectivity index (χ0v) is 18.7. The van der Waals surface area contributed by atoms with E-state index in [9.17, 15) is 13.2 Å². The summed E-state index contributed by atoms with van der Waals surface area (Å²) in [6, 6.07) is 10.2. The van der Waals surface area contributed by atoms with Crippen LogP contribution in [-0.4, -0.2) is 60.1 Å². The van der Waals surface area contributed by atoms with Gasteiger partial charge in [-0.25, -0.2) is 12.7 Å². The molecule has 0 heterocycles. The molecule has 0 spiro atoms. The van der Waals surface area contributed by atoms with Crippen LogP contribution in [0.15, 0.2) is 41.3 Å². The van der Waals surface area contributed by atoms with E-state index in [4.69, 9.17) is 14.2 Å². The first kappa shape index (κ1) is 23.5. The quantitative estimate of drug-likeness (QED) is 0.612. The molecule has 9 heteroatoms. The van der Waals surface area contributed by atoms with Crippen molar-refractivity contribution in [1.29, 1.82) is 0 Å². The molecule has 0 saturated carbocycles. The van der Waals surface area contributed by atoms with Gasteiger partial charge in [-0.1, -0.05) is 6.07 Å². The predicted molar refractivity (Wildman–Crippen MR) is 114 cm³/mol. The molecule has 0 radical (unpaired) electrons. The van der Waals surface area contributed by atoms with Gasteiger partial charge in [0.05, 0.1) is 19.1 Å². The van der Waals surface area contributed by atoms with E-state index in [2.05, 4.69) is 5.32 Å². The fraction of sp³-hybridized carbons (Fsp3) is 0.381. The number of methoxy groups -OCH3 is 2. The summed E-state index contributed by atoms with van der Waals surface area (Å²) >= 11 is 0. The number of nitrogens with zero attached hydrogens (tertiary/aromatic N) is 1. The normalized spacial score (nSPS) is 11.3. The molecule has 0 aliphatic rings. The van der Waals surface area contributed by atoms with Gasteiger partial charge in [0.15, 0.2) is 18.1 Å². The summed E-state index contributed by atoms with van der Waals surface area (Å²) in [5.74, 6) is 1.49. The minimum Gasteiger partial charge on any atom is -0.493 e. The third kappa shape index (κ3) is 5.87. The molecule has 0 aromatic heterocycles. The number of nitrogens with one attached hydrogen (secondary N) is 1. The Bertz CT molecular complexity index is 989. The molecule has 1 N–H and O–H groups in total. The Balaban J connectivity index is 1.86. The Morgan fingerprint density at radius 2 is 1.67 bits per heavy atom. The van der Waals surface area contributed by atoms with Crippen molar-refractivity contribution in [3.05, 3.63) is 47.5 Å². The van der Waals surface area contributed by atoms with Gasteiger partial charge >= 0.3 is 0 Å². The Morgan fingerprint density at radius 1 is 1.00 bits per heavy atom. The van der Waals surface area contributed by atoms with E-state index in [0.29, 0.717) is 35.8 Å². The van der Waals surface area contributed by atoms with Crippen LogP contribution in [0.4, 0.5) is 0 Å². The molecule has 164 valence electrons. The van der Waals surface area contributed by atoms with E-state index in [1.165, 1.54) is 26.2 Å². The zero-order valence-electron chi connectivity index (χ0n) is 17.9. The molecular weight excluding hydrogens is 408 g/mol. The Hall–Kier alpha value is -2.78. The minimum absolute atomic E-state index is 0.160. The number of carbonyl (C=O) groups excluding carboxylic acids is 1. The monoisotopic (exact) mass is 436 g/mol. The molecule has 30 heavy (non-hydrogen) atoms. The van der Waals surface area contributed by atoms with Crippen LogP contribution in [0.5, 0.6) is 17.2 Å². The van der Waals surface area contributed by atoms with E-state index in [0.717, 1.165) is 9.87 Å². The number of amides is 1. The summed E-state index contributed by atoms with van der Waals surface area (Å²) < 4.78 is 41.5. The molecule has 1 amide bonds. The first-order valence-electron chi connectivity index (χ1n) is 9.32. The second-order valence-corrected chi connectivity index (χ2v) is 8.94. The molecule has 0 saturated heterocycles. The van der Waals surface area contributed by atoms with Gasteiger partial charge in [-0.2, -0.15) is 0 Å². The van der Waals surface area contributed by atoms with Crippen molar-refractivity contribution in [2.45, 2.75) is 18.2 Å². The van der Waals surface area contributed by atoms with Gasteiger partial charge in [-0.15, -0.1) is 0 Å². The third-order valence-corrected chi connectivity index (χ3v) is 6.28. The highest BCUT2D eigenvalue weighted by Gasteiger charge is 2.18. The van der Waals surface area contributed by atoms with Crippen molar-refractivity contribution in [3.8, 4) is 17.2 Å². The van der Waals surface area contributed by atoms with E-state index in [1.807, 2.05) is 18.2 Å². The van der Waals surface area contributed by atoms with Crippen LogP contribution in [0.25, 0.3) is 0 Å². The summed E-state index contributed by atoms with van der Waals surface area (Å²) in [6.07, 6.45) is 0.627. The molecule has 0 bridgehead atoms. The lowest BCUT2D eigenvalue weighted by molar-refractivity contribution is -0.123. The van der Waals surface area contributed by atoms with Crippen molar-refractivity contribution >= 4 is 15.9 Å². The summed E-state index contributed by atoms with van der Waals surface area (Å²) in [5, 5.41) is 2.80. The fourth-order valence-electron chi connectivity index (χ4n) is 2.73. The molecule has 0 fully saturated rings. The summed E-state index contributed by atoms with van der Waals surface area (Å²) in [7, 11) is 2.59. The predicted octanol–water partition coefficient (Wildman–Crippen LogP) is 2.00. The minimum atomic E-state index is -3.51. The van der Waals surface area contributed by atoms with Gasteiger partial charge in [0.25, 0.3) is 5.91 Å². The number of rotatable bonds is 10. The van der Waals surface area contributed by atoms with Gasteiger partial charge in [0.1, 0.15) is 5.75 Å². The first-order chi connectivity index (χ1) is 14.2. The molecule has 0 atom stereocenters. The summed E-state index contributed by atoms with van der Waals surface area (Å²) in [5.41, 5.74) is 1.64. The highest BCUT2D eigenvalue weighted by molar-refractivity contribution is 7.89. The van der Waals surface area contributed by atoms with Crippen molar-refractivity contribution in [2.75, 3.05) is 41.5 Å². The van der Waals surface area contributed by atoms with E-state index >= 15 is 0 Å². The van der Waals surface area contributed by atoms with Crippen LogP contribution in [0, 0.1) is 6.92 Å². The van der Waals surface area contributed by atoms with Crippen LogP contribution in [0.2, 0.25) is 0 Å². The van der Waals surface area contributed by atoms with Crippen molar-refractivity contribution in [1.82, 2.24) is 9.62 Å². The molecule has 2 rings (SSSR count). The van der Waals surface area contributed by atoms with Crippen LogP contribution < -0.4 is 19.5 Å². The number of carbonyl (C=O) groups is 1.